The standard InChI is InChI=1S/C12H14N2S2/c1-12(2,3)9-7-10(15)14-11(13-9)8-5-4-6-16-8/h4-7H,1-3H3,(H,13,14,15). The van der Waals surface area contributed by atoms with Crippen LogP contribution in [0.25, 0.3) is 10.7 Å². The van der Waals surface area contributed by atoms with E-state index in [9.17, 15) is 0 Å². The molecule has 0 fully saturated rings. The number of hydrogen-bond donors (Lipinski definition) is 1. The SMILES string of the molecule is CC(C)(C)c1cc(=S)nc(-c2cccs2)[nH]1. The van der Waals surface area contributed by atoms with Gasteiger partial charge in [0.1, 0.15) is 10.5 Å². The zero-order valence-electron chi connectivity index (χ0n) is 9.57. The highest BCUT2D eigenvalue weighted by molar-refractivity contribution is 7.71. The Balaban J connectivity index is 2.57. The largest absolute Gasteiger partial charge is 0.342 e. The van der Waals surface area contributed by atoms with E-state index in [0.29, 0.717) is 4.64 Å². The summed E-state index contributed by atoms with van der Waals surface area (Å²) < 4.78 is 0.645. The summed E-state index contributed by atoms with van der Waals surface area (Å²) in [7, 11) is 0. The maximum absolute atomic E-state index is 5.20. The molecule has 16 heavy (non-hydrogen) atoms. The Morgan fingerprint density at radius 1 is 1.38 bits per heavy atom. The van der Waals surface area contributed by atoms with Crippen molar-refractivity contribution in [3.8, 4) is 10.7 Å². The average Bonchev–Trinajstić information content (AvgIpc) is 2.68. The van der Waals surface area contributed by atoms with Crippen LogP contribution in [0.15, 0.2) is 23.6 Å². The molecule has 2 aromatic rings. The first-order valence-electron chi connectivity index (χ1n) is 5.12. The van der Waals surface area contributed by atoms with Crippen LogP contribution in [0.2, 0.25) is 0 Å². The minimum atomic E-state index is 0.0580. The molecule has 0 amide bonds. The van der Waals surface area contributed by atoms with Gasteiger partial charge in [-0.3, -0.25) is 0 Å². The van der Waals surface area contributed by atoms with Crippen LogP contribution in [0, 0.1) is 4.64 Å². The van der Waals surface area contributed by atoms with Gasteiger partial charge < -0.3 is 4.98 Å². The number of aromatic amines is 1. The Morgan fingerprint density at radius 2 is 2.12 bits per heavy atom. The lowest BCUT2D eigenvalue weighted by Gasteiger charge is -2.19. The maximum atomic E-state index is 5.20. The molecule has 2 nitrogen and oxygen atoms in total. The summed E-state index contributed by atoms with van der Waals surface area (Å²) >= 11 is 6.87. The molecule has 0 bridgehead atoms. The topological polar surface area (TPSA) is 28.7 Å². The molecule has 0 unspecified atom stereocenters. The number of rotatable bonds is 1. The molecule has 2 rings (SSSR count). The second kappa shape index (κ2) is 4.11. The lowest BCUT2D eigenvalue weighted by Crippen LogP contribution is -2.14. The molecule has 0 aromatic carbocycles. The fraction of sp³-hybridized carbons (Fsp3) is 0.333. The fourth-order valence-electron chi connectivity index (χ4n) is 1.39. The van der Waals surface area contributed by atoms with Gasteiger partial charge >= 0.3 is 0 Å². The van der Waals surface area contributed by atoms with E-state index in [2.05, 4.69) is 30.7 Å². The number of hydrogen-bond acceptors (Lipinski definition) is 3. The van der Waals surface area contributed by atoms with Gasteiger partial charge in [-0.15, -0.1) is 11.3 Å². The third-order valence-electron chi connectivity index (χ3n) is 2.31. The van der Waals surface area contributed by atoms with Crippen molar-refractivity contribution in [1.82, 2.24) is 9.97 Å². The summed E-state index contributed by atoms with van der Waals surface area (Å²) in [5.41, 5.74) is 1.18. The van der Waals surface area contributed by atoms with E-state index in [-0.39, 0.29) is 5.41 Å². The smallest absolute Gasteiger partial charge is 0.149 e. The first kappa shape index (κ1) is 11.5. The van der Waals surface area contributed by atoms with Crippen LogP contribution < -0.4 is 0 Å². The van der Waals surface area contributed by atoms with Crippen molar-refractivity contribution in [1.29, 1.82) is 0 Å². The Labute approximate surface area is 104 Å². The normalized spacial score (nSPS) is 11.7. The van der Waals surface area contributed by atoms with E-state index in [4.69, 9.17) is 12.2 Å². The molecular formula is C12H14N2S2. The summed E-state index contributed by atoms with van der Waals surface area (Å²) in [6.07, 6.45) is 0. The van der Waals surface area contributed by atoms with Crippen LogP contribution in [-0.4, -0.2) is 9.97 Å². The van der Waals surface area contributed by atoms with E-state index < -0.39 is 0 Å². The predicted octanol–water partition coefficient (Wildman–Crippen LogP) is 4.17. The second-order valence-electron chi connectivity index (χ2n) is 4.71. The molecule has 0 aliphatic carbocycles. The maximum Gasteiger partial charge on any atom is 0.149 e. The van der Waals surface area contributed by atoms with Crippen LogP contribution in [0.1, 0.15) is 26.5 Å². The quantitative estimate of drug-likeness (QED) is 0.770. The van der Waals surface area contributed by atoms with E-state index in [1.165, 1.54) is 0 Å². The summed E-state index contributed by atoms with van der Waals surface area (Å²) in [4.78, 5) is 8.84. The zero-order chi connectivity index (χ0) is 11.8. The van der Waals surface area contributed by atoms with Crippen molar-refractivity contribution in [3.63, 3.8) is 0 Å². The van der Waals surface area contributed by atoms with E-state index >= 15 is 0 Å². The molecular weight excluding hydrogens is 236 g/mol. The Bertz CT molecular complexity index is 533. The van der Waals surface area contributed by atoms with Crippen molar-refractivity contribution in [2.45, 2.75) is 26.2 Å². The van der Waals surface area contributed by atoms with Crippen LogP contribution in [0.4, 0.5) is 0 Å². The molecule has 0 spiro atoms. The molecule has 2 heterocycles. The van der Waals surface area contributed by atoms with Gasteiger partial charge in [-0.1, -0.05) is 39.1 Å². The minimum absolute atomic E-state index is 0.0580. The molecule has 1 N–H and O–H groups in total. The number of aromatic nitrogens is 2. The molecule has 0 radical (unpaired) electrons. The first-order chi connectivity index (χ1) is 7.47. The molecule has 84 valence electrons. The van der Waals surface area contributed by atoms with Crippen molar-refractivity contribution >= 4 is 23.6 Å². The lowest BCUT2D eigenvalue weighted by molar-refractivity contribution is 0.567. The van der Waals surface area contributed by atoms with Crippen molar-refractivity contribution in [3.05, 3.63) is 33.9 Å². The van der Waals surface area contributed by atoms with Gasteiger partial charge in [-0.2, -0.15) is 0 Å². The number of H-pyrrole nitrogens is 1. The highest BCUT2D eigenvalue weighted by Crippen LogP contribution is 2.25. The molecule has 0 aliphatic heterocycles. The summed E-state index contributed by atoms with van der Waals surface area (Å²) in [6.45, 7) is 6.48. The molecule has 0 atom stereocenters. The molecule has 4 heteroatoms. The molecule has 0 saturated carbocycles. The summed E-state index contributed by atoms with van der Waals surface area (Å²) in [5, 5.41) is 2.04. The monoisotopic (exact) mass is 250 g/mol. The Morgan fingerprint density at radius 3 is 2.69 bits per heavy atom. The third-order valence-corrected chi connectivity index (χ3v) is 3.39. The highest BCUT2D eigenvalue weighted by Gasteiger charge is 2.16. The summed E-state index contributed by atoms with van der Waals surface area (Å²) in [5.74, 6) is 0.868. The predicted molar refractivity (Wildman–Crippen MR) is 71.4 cm³/mol. The van der Waals surface area contributed by atoms with Crippen LogP contribution in [-0.2, 0) is 5.41 Å². The van der Waals surface area contributed by atoms with Crippen LogP contribution in [0.3, 0.4) is 0 Å². The van der Waals surface area contributed by atoms with Gasteiger partial charge in [0.15, 0.2) is 0 Å². The number of nitrogens with one attached hydrogen (secondary N) is 1. The van der Waals surface area contributed by atoms with Crippen LogP contribution >= 0.6 is 23.6 Å². The zero-order valence-corrected chi connectivity index (χ0v) is 11.2. The van der Waals surface area contributed by atoms with Gasteiger partial charge in [-0.05, 0) is 17.5 Å². The first-order valence-corrected chi connectivity index (χ1v) is 6.41. The summed E-state index contributed by atoms with van der Waals surface area (Å²) in [6, 6.07) is 6.00. The van der Waals surface area contributed by atoms with Crippen molar-refractivity contribution < 1.29 is 0 Å². The number of nitrogens with zero attached hydrogens (tertiary/aromatic N) is 1. The van der Waals surface area contributed by atoms with Gasteiger partial charge in [-0.25, -0.2) is 4.98 Å². The van der Waals surface area contributed by atoms with Gasteiger partial charge in [0.2, 0.25) is 0 Å². The van der Waals surface area contributed by atoms with Gasteiger partial charge in [0.25, 0.3) is 0 Å². The lowest BCUT2D eigenvalue weighted by atomic mass is 9.92. The minimum Gasteiger partial charge on any atom is -0.342 e. The molecule has 0 saturated heterocycles. The Hall–Kier alpha value is -1.00. The molecule has 0 aliphatic rings. The van der Waals surface area contributed by atoms with E-state index in [1.807, 2.05) is 23.6 Å². The van der Waals surface area contributed by atoms with E-state index in [1.54, 1.807) is 11.3 Å². The highest BCUT2D eigenvalue weighted by atomic mass is 32.1. The van der Waals surface area contributed by atoms with Crippen molar-refractivity contribution in [2.24, 2.45) is 0 Å². The van der Waals surface area contributed by atoms with Gasteiger partial charge in [0.05, 0.1) is 4.88 Å². The Kier molecular flexibility index (Phi) is 2.95. The third kappa shape index (κ3) is 2.39. The fourth-order valence-corrected chi connectivity index (χ4v) is 2.27. The van der Waals surface area contributed by atoms with Crippen LogP contribution in [0.5, 0.6) is 0 Å². The van der Waals surface area contributed by atoms with Gasteiger partial charge in [0, 0.05) is 11.1 Å². The van der Waals surface area contributed by atoms with Crippen molar-refractivity contribution in [2.75, 3.05) is 0 Å². The number of thiophene rings is 1. The second-order valence-corrected chi connectivity index (χ2v) is 6.07. The molecule has 2 aromatic heterocycles. The van der Waals surface area contributed by atoms with E-state index in [0.717, 1.165) is 16.4 Å². The average molecular weight is 250 g/mol.